The normalized spacial score (nSPS) is 12.3. The molecule has 0 spiro atoms. The summed E-state index contributed by atoms with van der Waals surface area (Å²) in [5, 5.41) is 2.78. The second kappa shape index (κ2) is 8.06. The monoisotopic (exact) mass is 230 g/mol. The molecule has 4 N–H and O–H groups in total. The highest BCUT2D eigenvalue weighted by Crippen LogP contribution is 1.99. The minimum absolute atomic E-state index is 0.0177. The molecule has 6 nitrogen and oxygen atoms in total. The van der Waals surface area contributed by atoms with E-state index in [9.17, 15) is 9.59 Å². The van der Waals surface area contributed by atoms with Crippen molar-refractivity contribution in [2.45, 2.75) is 32.7 Å². The van der Waals surface area contributed by atoms with Gasteiger partial charge in [0.05, 0.1) is 6.54 Å². The fourth-order valence-electron chi connectivity index (χ4n) is 1.19. The zero-order valence-corrected chi connectivity index (χ0v) is 10.2. The van der Waals surface area contributed by atoms with Crippen LogP contribution in [0, 0.1) is 0 Å². The van der Waals surface area contributed by atoms with E-state index in [1.165, 1.54) is 0 Å². The Morgan fingerprint density at radius 1 is 1.38 bits per heavy atom. The molecule has 1 atom stereocenters. The summed E-state index contributed by atoms with van der Waals surface area (Å²) in [5.41, 5.74) is 2.07. The van der Waals surface area contributed by atoms with Crippen LogP contribution in [0.4, 0.5) is 0 Å². The largest absolute Gasteiger partial charge is 0.355 e. The number of carbonyl (C=O) groups excluding carboxylic acids is 2. The lowest BCUT2D eigenvalue weighted by Crippen LogP contribution is -2.42. The van der Waals surface area contributed by atoms with Crippen LogP contribution in [0.15, 0.2) is 0 Å². The highest BCUT2D eigenvalue weighted by atomic mass is 16.2. The Morgan fingerprint density at radius 3 is 2.50 bits per heavy atom. The van der Waals surface area contributed by atoms with Gasteiger partial charge in [0.1, 0.15) is 0 Å². The third-order valence-corrected chi connectivity index (χ3v) is 2.36. The predicted molar refractivity (Wildman–Crippen MR) is 62.3 cm³/mol. The lowest BCUT2D eigenvalue weighted by atomic mass is 10.2. The van der Waals surface area contributed by atoms with E-state index < -0.39 is 0 Å². The van der Waals surface area contributed by atoms with Crippen molar-refractivity contribution in [2.75, 3.05) is 20.1 Å². The Kier molecular flexibility index (Phi) is 7.49. The molecule has 1 unspecified atom stereocenters. The molecule has 0 aliphatic heterocycles. The van der Waals surface area contributed by atoms with Gasteiger partial charge in [0.25, 0.3) is 0 Å². The van der Waals surface area contributed by atoms with Gasteiger partial charge in [-0.25, -0.2) is 5.84 Å². The van der Waals surface area contributed by atoms with Crippen molar-refractivity contribution in [3.63, 3.8) is 0 Å². The molecule has 0 bridgehead atoms. The molecule has 0 aliphatic rings. The Balaban J connectivity index is 3.90. The van der Waals surface area contributed by atoms with Crippen LogP contribution in [0.5, 0.6) is 0 Å². The summed E-state index contributed by atoms with van der Waals surface area (Å²) in [6, 6.07) is -0.0177. The van der Waals surface area contributed by atoms with Crippen LogP contribution in [0.1, 0.15) is 26.7 Å². The molecule has 2 amide bonds. The number of hydrogen-bond donors (Lipinski definition) is 3. The number of nitrogens with one attached hydrogen (secondary N) is 2. The summed E-state index contributed by atoms with van der Waals surface area (Å²) in [4.78, 5) is 24.2. The molecule has 0 aromatic rings. The number of carbonyl (C=O) groups is 2. The predicted octanol–water partition coefficient (Wildman–Crippen LogP) is -0.787. The van der Waals surface area contributed by atoms with Crippen molar-refractivity contribution in [3.8, 4) is 0 Å². The van der Waals surface area contributed by atoms with E-state index in [1.807, 2.05) is 18.7 Å². The molecular weight excluding hydrogens is 208 g/mol. The van der Waals surface area contributed by atoms with Crippen LogP contribution in [0.3, 0.4) is 0 Å². The molecule has 0 saturated heterocycles. The first-order chi connectivity index (χ1) is 7.51. The third kappa shape index (κ3) is 6.36. The molecule has 0 saturated carbocycles. The van der Waals surface area contributed by atoms with E-state index >= 15 is 0 Å². The topological polar surface area (TPSA) is 87.5 Å². The van der Waals surface area contributed by atoms with Gasteiger partial charge in [-0.15, -0.1) is 0 Å². The summed E-state index contributed by atoms with van der Waals surface area (Å²) in [6.07, 6.45) is 1.20. The zero-order chi connectivity index (χ0) is 12.6. The maximum absolute atomic E-state index is 11.4. The first-order valence-electron chi connectivity index (χ1n) is 5.47. The van der Waals surface area contributed by atoms with Gasteiger partial charge in [0.2, 0.25) is 11.8 Å². The molecule has 0 radical (unpaired) electrons. The average Bonchev–Trinajstić information content (AvgIpc) is 2.25. The van der Waals surface area contributed by atoms with Gasteiger partial charge in [0.15, 0.2) is 0 Å². The van der Waals surface area contributed by atoms with Crippen LogP contribution >= 0.6 is 0 Å². The van der Waals surface area contributed by atoms with E-state index in [1.54, 1.807) is 7.05 Å². The smallest absolute Gasteiger partial charge is 0.235 e. The van der Waals surface area contributed by atoms with Crippen LogP contribution in [-0.4, -0.2) is 42.9 Å². The SMILES string of the molecule is CCCNC(=O)CN(C)C(C)CC(=O)NN. The van der Waals surface area contributed by atoms with E-state index in [4.69, 9.17) is 5.84 Å². The van der Waals surface area contributed by atoms with Gasteiger partial charge < -0.3 is 5.32 Å². The van der Waals surface area contributed by atoms with Crippen LogP contribution in [-0.2, 0) is 9.59 Å². The Bertz CT molecular complexity index is 233. The van der Waals surface area contributed by atoms with Gasteiger partial charge in [-0.2, -0.15) is 0 Å². The van der Waals surface area contributed by atoms with Crippen molar-refractivity contribution in [2.24, 2.45) is 5.84 Å². The van der Waals surface area contributed by atoms with Gasteiger partial charge in [-0.05, 0) is 20.4 Å². The summed E-state index contributed by atoms with van der Waals surface area (Å²) in [7, 11) is 1.81. The molecule has 0 aromatic carbocycles. The minimum atomic E-state index is -0.228. The van der Waals surface area contributed by atoms with E-state index in [0.29, 0.717) is 13.1 Å². The maximum Gasteiger partial charge on any atom is 0.235 e. The average molecular weight is 230 g/mol. The van der Waals surface area contributed by atoms with Gasteiger partial charge >= 0.3 is 0 Å². The van der Waals surface area contributed by atoms with E-state index in [2.05, 4.69) is 10.7 Å². The molecule has 16 heavy (non-hydrogen) atoms. The Hall–Kier alpha value is -1.14. The molecule has 0 aliphatic carbocycles. The van der Waals surface area contributed by atoms with Crippen molar-refractivity contribution < 1.29 is 9.59 Å². The highest BCUT2D eigenvalue weighted by molar-refractivity contribution is 5.78. The molecular formula is C10H22N4O2. The highest BCUT2D eigenvalue weighted by Gasteiger charge is 2.15. The quantitative estimate of drug-likeness (QED) is 0.304. The molecule has 6 heteroatoms. The summed E-state index contributed by atoms with van der Waals surface area (Å²) < 4.78 is 0. The lowest BCUT2D eigenvalue weighted by Gasteiger charge is -2.23. The molecule has 0 fully saturated rings. The fraction of sp³-hybridized carbons (Fsp3) is 0.800. The summed E-state index contributed by atoms with van der Waals surface area (Å²) >= 11 is 0. The third-order valence-electron chi connectivity index (χ3n) is 2.36. The van der Waals surface area contributed by atoms with Crippen LogP contribution in [0.2, 0.25) is 0 Å². The fourth-order valence-corrected chi connectivity index (χ4v) is 1.19. The van der Waals surface area contributed by atoms with Crippen LogP contribution in [0.25, 0.3) is 0 Å². The first kappa shape index (κ1) is 14.9. The molecule has 0 aromatic heterocycles. The lowest BCUT2D eigenvalue weighted by molar-refractivity contribution is -0.125. The van der Waals surface area contributed by atoms with Gasteiger partial charge in [0, 0.05) is 19.0 Å². The van der Waals surface area contributed by atoms with Crippen LogP contribution < -0.4 is 16.6 Å². The number of hydrogen-bond acceptors (Lipinski definition) is 4. The van der Waals surface area contributed by atoms with Gasteiger partial charge in [-0.1, -0.05) is 6.92 Å². The second-order valence-corrected chi connectivity index (χ2v) is 3.89. The standard InChI is InChI=1S/C10H22N4O2/c1-4-5-12-10(16)7-14(3)8(2)6-9(15)13-11/h8H,4-7,11H2,1-3H3,(H,12,16)(H,13,15). The zero-order valence-electron chi connectivity index (χ0n) is 10.2. The van der Waals surface area contributed by atoms with E-state index in [0.717, 1.165) is 6.42 Å². The number of likely N-dealkylation sites (N-methyl/N-ethyl adjacent to an activating group) is 1. The van der Waals surface area contributed by atoms with E-state index in [-0.39, 0.29) is 24.3 Å². The van der Waals surface area contributed by atoms with Crippen molar-refractivity contribution in [1.29, 1.82) is 0 Å². The first-order valence-corrected chi connectivity index (χ1v) is 5.47. The maximum atomic E-state index is 11.4. The van der Waals surface area contributed by atoms with Crippen molar-refractivity contribution in [1.82, 2.24) is 15.6 Å². The summed E-state index contributed by atoms with van der Waals surface area (Å²) in [6.45, 7) is 4.85. The number of nitrogens with two attached hydrogens (primary N) is 1. The van der Waals surface area contributed by atoms with Gasteiger partial charge in [-0.3, -0.25) is 19.9 Å². The van der Waals surface area contributed by atoms with Crippen molar-refractivity contribution >= 4 is 11.8 Å². The number of nitrogens with zero attached hydrogens (tertiary/aromatic N) is 1. The summed E-state index contributed by atoms with van der Waals surface area (Å²) in [5.74, 6) is 4.74. The van der Waals surface area contributed by atoms with Crippen molar-refractivity contribution in [3.05, 3.63) is 0 Å². The molecule has 94 valence electrons. The Morgan fingerprint density at radius 2 is 2.00 bits per heavy atom. The second-order valence-electron chi connectivity index (χ2n) is 3.89. The Labute approximate surface area is 96.5 Å². The molecule has 0 rings (SSSR count). The number of hydrazine groups is 1. The number of rotatable bonds is 7. The molecule has 0 heterocycles. The minimum Gasteiger partial charge on any atom is -0.355 e. The number of amides is 2.